The Morgan fingerprint density at radius 2 is 1.21 bits per heavy atom. The maximum Gasteiger partial charge on any atom is 0.116 e. The van der Waals surface area contributed by atoms with Crippen LogP contribution in [0.5, 0.6) is 0 Å². The Kier molecular flexibility index (Phi) is 9.02. The summed E-state index contributed by atoms with van der Waals surface area (Å²) in [6, 6.07) is 29.8. The molecule has 0 bridgehead atoms. The minimum atomic E-state index is -0.878. The Labute approximate surface area is 201 Å². The van der Waals surface area contributed by atoms with Crippen LogP contribution >= 0.6 is 0 Å². The molecule has 1 saturated heterocycles. The van der Waals surface area contributed by atoms with E-state index in [1.54, 1.807) is 6.08 Å². The van der Waals surface area contributed by atoms with Crippen LogP contribution in [0, 0.1) is 0 Å². The SMILES string of the molecule is C=C[C@@H]1O[C@H]([C@H](O)COCc2ccccc2)[C@H](OCc2ccccc2)[C@H]1OCc1ccccc1. The molecule has 3 aromatic rings. The van der Waals surface area contributed by atoms with Crippen molar-refractivity contribution in [2.24, 2.45) is 0 Å². The molecule has 5 nitrogen and oxygen atoms in total. The molecule has 34 heavy (non-hydrogen) atoms. The van der Waals surface area contributed by atoms with Crippen LogP contribution in [0.4, 0.5) is 0 Å². The molecule has 0 unspecified atom stereocenters. The standard InChI is InChI=1S/C29H32O5/c1-2-26-28(32-19-23-14-8-4-9-15-23)29(33-20-24-16-10-5-11-17-24)27(34-26)25(30)21-31-18-22-12-6-3-7-13-22/h2-17,25-30H,1,18-21H2/t25-,26+,27-,28+,29+/m1/s1. The van der Waals surface area contributed by atoms with Gasteiger partial charge in [0.2, 0.25) is 0 Å². The highest BCUT2D eigenvalue weighted by Crippen LogP contribution is 2.31. The third-order valence-electron chi connectivity index (χ3n) is 5.87. The van der Waals surface area contributed by atoms with E-state index < -0.39 is 30.5 Å². The molecule has 1 N–H and O–H groups in total. The fourth-order valence-electron chi connectivity index (χ4n) is 4.09. The first-order chi connectivity index (χ1) is 16.7. The molecule has 0 radical (unpaired) electrons. The fourth-order valence-corrected chi connectivity index (χ4v) is 4.09. The van der Waals surface area contributed by atoms with Crippen LogP contribution in [0.1, 0.15) is 16.7 Å². The van der Waals surface area contributed by atoms with E-state index in [0.717, 1.165) is 16.7 Å². The van der Waals surface area contributed by atoms with Gasteiger partial charge in [-0.05, 0) is 16.7 Å². The van der Waals surface area contributed by atoms with Crippen molar-refractivity contribution in [1.82, 2.24) is 0 Å². The highest BCUT2D eigenvalue weighted by atomic mass is 16.6. The van der Waals surface area contributed by atoms with E-state index in [4.69, 9.17) is 18.9 Å². The minimum Gasteiger partial charge on any atom is -0.388 e. The molecule has 1 aliphatic rings. The number of aliphatic hydroxyl groups excluding tert-OH is 1. The van der Waals surface area contributed by atoms with Gasteiger partial charge in [-0.1, -0.05) is 97.1 Å². The van der Waals surface area contributed by atoms with E-state index in [1.807, 2.05) is 91.0 Å². The summed E-state index contributed by atoms with van der Waals surface area (Å²) in [4.78, 5) is 0. The zero-order chi connectivity index (χ0) is 23.6. The molecule has 1 fully saturated rings. The summed E-state index contributed by atoms with van der Waals surface area (Å²) in [5, 5.41) is 11.0. The summed E-state index contributed by atoms with van der Waals surface area (Å²) in [6.07, 6.45) is -1.07. The Hall–Kier alpha value is -2.80. The molecule has 178 valence electrons. The van der Waals surface area contributed by atoms with Crippen LogP contribution < -0.4 is 0 Å². The van der Waals surface area contributed by atoms with Crippen LogP contribution in [0.2, 0.25) is 0 Å². The molecule has 0 saturated carbocycles. The number of ether oxygens (including phenoxy) is 4. The zero-order valence-electron chi connectivity index (χ0n) is 19.2. The molecular weight excluding hydrogens is 428 g/mol. The average molecular weight is 461 g/mol. The van der Waals surface area contributed by atoms with E-state index in [2.05, 4.69) is 6.58 Å². The second-order valence-electron chi connectivity index (χ2n) is 8.39. The molecule has 3 aromatic carbocycles. The number of rotatable bonds is 12. The van der Waals surface area contributed by atoms with Crippen molar-refractivity contribution >= 4 is 0 Å². The quantitative estimate of drug-likeness (QED) is 0.398. The lowest BCUT2D eigenvalue weighted by molar-refractivity contribution is -0.115. The first kappa shape index (κ1) is 24.3. The summed E-state index contributed by atoms with van der Waals surface area (Å²) >= 11 is 0. The molecular formula is C29H32O5. The van der Waals surface area contributed by atoms with E-state index >= 15 is 0 Å². The molecule has 1 aliphatic heterocycles. The Bertz CT molecular complexity index is 979. The van der Waals surface area contributed by atoms with Crippen molar-refractivity contribution in [3.05, 3.63) is 120 Å². The van der Waals surface area contributed by atoms with Crippen molar-refractivity contribution in [3.63, 3.8) is 0 Å². The van der Waals surface area contributed by atoms with Crippen LogP contribution in [0.15, 0.2) is 104 Å². The third-order valence-corrected chi connectivity index (χ3v) is 5.87. The normalized spacial score (nSPS) is 23.0. The number of hydrogen-bond donors (Lipinski definition) is 1. The predicted octanol–water partition coefficient (Wildman–Crippen LogP) is 4.69. The fraction of sp³-hybridized carbons (Fsp3) is 0.310. The second kappa shape index (κ2) is 12.6. The van der Waals surface area contributed by atoms with Crippen molar-refractivity contribution in [1.29, 1.82) is 0 Å². The molecule has 5 atom stereocenters. The summed E-state index contributed by atoms with van der Waals surface area (Å²) in [5.74, 6) is 0. The second-order valence-corrected chi connectivity index (χ2v) is 8.39. The first-order valence-electron chi connectivity index (χ1n) is 11.6. The van der Waals surface area contributed by atoms with E-state index in [0.29, 0.717) is 19.8 Å². The lowest BCUT2D eigenvalue weighted by Gasteiger charge is -2.27. The van der Waals surface area contributed by atoms with Gasteiger partial charge < -0.3 is 24.1 Å². The van der Waals surface area contributed by atoms with Crippen LogP contribution in [0.25, 0.3) is 0 Å². The van der Waals surface area contributed by atoms with Gasteiger partial charge in [-0.25, -0.2) is 0 Å². The molecule has 0 aliphatic carbocycles. The van der Waals surface area contributed by atoms with Crippen molar-refractivity contribution in [2.75, 3.05) is 6.61 Å². The summed E-state index contributed by atoms with van der Waals surface area (Å²) in [6.45, 7) is 5.26. The van der Waals surface area contributed by atoms with Gasteiger partial charge in [-0.2, -0.15) is 0 Å². The molecule has 1 heterocycles. The van der Waals surface area contributed by atoms with Crippen molar-refractivity contribution in [3.8, 4) is 0 Å². The van der Waals surface area contributed by atoms with Crippen molar-refractivity contribution < 1.29 is 24.1 Å². The Morgan fingerprint density at radius 1 is 0.735 bits per heavy atom. The van der Waals surface area contributed by atoms with Gasteiger partial charge in [0.05, 0.1) is 26.4 Å². The zero-order valence-corrected chi connectivity index (χ0v) is 19.2. The first-order valence-corrected chi connectivity index (χ1v) is 11.6. The topological polar surface area (TPSA) is 57.2 Å². The van der Waals surface area contributed by atoms with E-state index in [-0.39, 0.29) is 6.61 Å². The van der Waals surface area contributed by atoms with Gasteiger partial charge in [0.15, 0.2) is 0 Å². The van der Waals surface area contributed by atoms with Crippen LogP contribution in [0.3, 0.4) is 0 Å². The maximum atomic E-state index is 11.0. The van der Waals surface area contributed by atoms with Gasteiger partial charge in [0.1, 0.15) is 30.5 Å². The molecule has 0 spiro atoms. The van der Waals surface area contributed by atoms with Gasteiger partial charge in [-0.3, -0.25) is 0 Å². The minimum absolute atomic E-state index is 0.125. The maximum absolute atomic E-state index is 11.0. The highest BCUT2D eigenvalue weighted by Gasteiger charge is 2.48. The lowest BCUT2D eigenvalue weighted by Crippen LogP contribution is -2.43. The number of hydrogen-bond acceptors (Lipinski definition) is 5. The lowest BCUT2D eigenvalue weighted by atomic mass is 10.0. The number of benzene rings is 3. The molecule has 5 heteroatoms. The van der Waals surface area contributed by atoms with Crippen molar-refractivity contribution in [2.45, 2.75) is 50.3 Å². The van der Waals surface area contributed by atoms with E-state index in [1.165, 1.54) is 0 Å². The van der Waals surface area contributed by atoms with Crippen LogP contribution in [-0.4, -0.2) is 42.2 Å². The number of aliphatic hydroxyl groups is 1. The molecule has 0 amide bonds. The van der Waals surface area contributed by atoms with Gasteiger partial charge >= 0.3 is 0 Å². The highest BCUT2D eigenvalue weighted by molar-refractivity contribution is 5.16. The molecule has 0 aromatic heterocycles. The van der Waals surface area contributed by atoms with Gasteiger partial charge in [0.25, 0.3) is 0 Å². The Balaban J connectivity index is 1.43. The largest absolute Gasteiger partial charge is 0.388 e. The van der Waals surface area contributed by atoms with E-state index in [9.17, 15) is 5.11 Å². The monoisotopic (exact) mass is 460 g/mol. The third kappa shape index (κ3) is 6.63. The summed E-state index contributed by atoms with van der Waals surface area (Å²) in [5.41, 5.74) is 3.15. The molecule has 4 rings (SSSR count). The van der Waals surface area contributed by atoms with Gasteiger partial charge in [0, 0.05) is 0 Å². The summed E-state index contributed by atoms with van der Waals surface area (Å²) < 4.78 is 24.5. The Morgan fingerprint density at radius 3 is 1.71 bits per heavy atom. The predicted molar refractivity (Wildman–Crippen MR) is 131 cm³/mol. The average Bonchev–Trinajstić information content (AvgIpc) is 3.25. The smallest absolute Gasteiger partial charge is 0.116 e. The summed E-state index contributed by atoms with van der Waals surface area (Å²) in [7, 11) is 0. The van der Waals surface area contributed by atoms with Gasteiger partial charge in [-0.15, -0.1) is 6.58 Å². The van der Waals surface area contributed by atoms with Crippen LogP contribution in [-0.2, 0) is 38.8 Å².